The molecule has 1 aliphatic heterocycles. The van der Waals surface area contributed by atoms with Crippen molar-refractivity contribution in [3.8, 4) is 11.5 Å². The normalized spacial score (nSPS) is 17.0. The molecule has 7 nitrogen and oxygen atoms in total. The lowest BCUT2D eigenvalue weighted by Gasteiger charge is -2.29. The van der Waals surface area contributed by atoms with Crippen LogP contribution in [0.15, 0.2) is 48.7 Å². The topological polar surface area (TPSA) is 96.9 Å². The number of hydrogen-bond donors (Lipinski definition) is 3. The van der Waals surface area contributed by atoms with Crippen molar-refractivity contribution < 1.29 is 28.6 Å². The maximum Gasteiger partial charge on any atom is 0.265 e. The molecule has 0 fully saturated rings. The zero-order valence-corrected chi connectivity index (χ0v) is 18.4. The maximum atomic E-state index is 13.4. The lowest BCUT2D eigenvalue weighted by molar-refractivity contribution is -0.129. The van der Waals surface area contributed by atoms with E-state index in [-0.39, 0.29) is 36.8 Å². The van der Waals surface area contributed by atoms with E-state index in [4.69, 9.17) is 32.7 Å². The fourth-order valence-corrected chi connectivity index (χ4v) is 3.31. The minimum absolute atomic E-state index is 0.0379. The predicted octanol–water partition coefficient (Wildman–Crippen LogP) is 3.53. The molecule has 170 valence electrons. The molecule has 0 radical (unpaired) electrons. The Morgan fingerprint density at radius 2 is 2.03 bits per heavy atom. The molecule has 0 unspecified atom stereocenters. The Labute approximate surface area is 194 Å². The molecule has 0 saturated heterocycles. The number of hydrogen-bond acceptors (Lipinski definition) is 5. The molecule has 3 N–H and O–H groups in total. The van der Waals surface area contributed by atoms with E-state index in [1.54, 1.807) is 18.2 Å². The number of carbonyl (C=O) groups excluding carboxylic acids is 2. The molecular formula is C22H21Cl2FN2O5. The van der Waals surface area contributed by atoms with E-state index in [1.807, 2.05) is 0 Å². The van der Waals surface area contributed by atoms with Gasteiger partial charge in [0.2, 0.25) is 0 Å². The van der Waals surface area contributed by atoms with E-state index in [1.165, 1.54) is 12.1 Å². The predicted molar refractivity (Wildman–Crippen MR) is 117 cm³/mol. The summed E-state index contributed by atoms with van der Waals surface area (Å²) in [5, 5.41) is 15.9. The molecule has 2 aromatic carbocycles. The summed E-state index contributed by atoms with van der Waals surface area (Å²) in [6, 6.07) is 8.69. The minimum Gasteiger partial charge on any atom is -0.484 e. The third kappa shape index (κ3) is 6.35. The molecule has 0 aromatic heterocycles. The van der Waals surface area contributed by atoms with Gasteiger partial charge in [-0.3, -0.25) is 9.59 Å². The molecule has 3 rings (SSSR count). The van der Waals surface area contributed by atoms with Gasteiger partial charge in [0.15, 0.2) is 12.7 Å². The number of rotatable bonds is 8. The van der Waals surface area contributed by atoms with Crippen LogP contribution in [-0.2, 0) is 9.59 Å². The molecule has 32 heavy (non-hydrogen) atoms. The van der Waals surface area contributed by atoms with Gasteiger partial charge in [-0.25, -0.2) is 4.39 Å². The molecule has 10 heteroatoms. The second kappa shape index (κ2) is 10.7. The maximum absolute atomic E-state index is 13.4. The smallest absolute Gasteiger partial charge is 0.265 e. The molecule has 0 spiro atoms. The Morgan fingerprint density at radius 1 is 1.25 bits per heavy atom. The Balaban J connectivity index is 1.39. The number of ether oxygens (including phenoxy) is 2. The first-order valence-corrected chi connectivity index (χ1v) is 10.5. The Kier molecular flexibility index (Phi) is 7.95. The summed E-state index contributed by atoms with van der Waals surface area (Å²) in [7, 11) is 0. The quantitative estimate of drug-likeness (QED) is 0.534. The summed E-state index contributed by atoms with van der Waals surface area (Å²) in [4.78, 5) is 24.3. The molecule has 2 aromatic rings. The first-order valence-electron chi connectivity index (χ1n) is 9.70. The van der Waals surface area contributed by atoms with Crippen LogP contribution in [-0.4, -0.2) is 36.2 Å². The van der Waals surface area contributed by atoms with E-state index in [0.717, 1.165) is 6.07 Å². The van der Waals surface area contributed by atoms with Crippen LogP contribution >= 0.6 is 23.2 Å². The summed E-state index contributed by atoms with van der Waals surface area (Å²) in [6.07, 6.45) is -1.42. The summed E-state index contributed by atoms with van der Waals surface area (Å²) in [5.41, 5.74) is 0.905. The molecule has 0 bridgehead atoms. The standard InChI is InChI=1S/C22H21Cl2FN2O5/c1-12(6-7-26-21(29)11-31-14-3-4-16(24)17(25)9-14)27-22(30)20-10-18(28)15-8-13(23)2-5-19(15)32-20/h2-5,8-9,18,20,28H,1,6-7,10-11H2,(H,26,29)(H,27,30)/t18-,20+/m0/s1. The highest BCUT2D eigenvalue weighted by molar-refractivity contribution is 6.31. The van der Waals surface area contributed by atoms with Gasteiger partial charge in [-0.05, 0) is 30.3 Å². The van der Waals surface area contributed by atoms with E-state index in [2.05, 4.69) is 17.2 Å². The van der Waals surface area contributed by atoms with Gasteiger partial charge >= 0.3 is 0 Å². The number of benzene rings is 2. The lowest BCUT2D eigenvalue weighted by Crippen LogP contribution is -2.41. The number of nitrogens with one attached hydrogen (secondary N) is 2. The molecular weight excluding hydrogens is 462 g/mol. The molecule has 0 aliphatic carbocycles. The van der Waals surface area contributed by atoms with Crippen molar-refractivity contribution in [1.82, 2.24) is 10.6 Å². The van der Waals surface area contributed by atoms with Gasteiger partial charge < -0.3 is 25.2 Å². The second-order valence-corrected chi connectivity index (χ2v) is 7.94. The first kappa shape index (κ1) is 23.8. The van der Waals surface area contributed by atoms with Crippen molar-refractivity contribution in [2.24, 2.45) is 0 Å². The Morgan fingerprint density at radius 3 is 2.78 bits per heavy atom. The lowest BCUT2D eigenvalue weighted by atomic mass is 9.98. The van der Waals surface area contributed by atoms with Crippen molar-refractivity contribution in [3.63, 3.8) is 0 Å². The van der Waals surface area contributed by atoms with Crippen LogP contribution in [0.2, 0.25) is 10.0 Å². The minimum atomic E-state index is -0.891. The van der Waals surface area contributed by atoms with Crippen LogP contribution in [0.5, 0.6) is 11.5 Å². The number of amides is 2. The Bertz CT molecular complexity index is 1030. The largest absolute Gasteiger partial charge is 0.484 e. The summed E-state index contributed by atoms with van der Waals surface area (Å²) in [6.45, 7) is 3.66. The monoisotopic (exact) mass is 482 g/mol. The van der Waals surface area contributed by atoms with Crippen molar-refractivity contribution in [2.75, 3.05) is 13.2 Å². The number of fused-ring (bicyclic) bond motifs is 1. The van der Waals surface area contributed by atoms with Gasteiger partial charge in [0.1, 0.15) is 17.3 Å². The van der Waals surface area contributed by atoms with Gasteiger partial charge in [0.25, 0.3) is 11.8 Å². The first-order chi connectivity index (χ1) is 15.2. The van der Waals surface area contributed by atoms with E-state index < -0.39 is 29.8 Å². The zero-order valence-electron chi connectivity index (χ0n) is 16.9. The van der Waals surface area contributed by atoms with Gasteiger partial charge in [0.05, 0.1) is 11.1 Å². The highest BCUT2D eigenvalue weighted by Crippen LogP contribution is 2.36. The van der Waals surface area contributed by atoms with Crippen molar-refractivity contribution in [3.05, 3.63) is 70.1 Å². The number of aliphatic hydroxyl groups is 1. The van der Waals surface area contributed by atoms with Crippen LogP contribution in [0.3, 0.4) is 0 Å². The molecule has 0 saturated carbocycles. The van der Waals surface area contributed by atoms with E-state index >= 15 is 0 Å². The molecule has 2 amide bonds. The van der Waals surface area contributed by atoms with Crippen LogP contribution in [0.4, 0.5) is 4.39 Å². The molecule has 1 aliphatic rings. The van der Waals surface area contributed by atoms with Crippen molar-refractivity contribution >= 4 is 35.0 Å². The Hall–Kier alpha value is -2.81. The van der Waals surface area contributed by atoms with Crippen LogP contribution in [0.1, 0.15) is 24.5 Å². The number of aliphatic hydroxyl groups excluding tert-OH is 1. The summed E-state index contributed by atoms with van der Waals surface area (Å²) < 4.78 is 24.2. The fraction of sp³-hybridized carbons (Fsp3) is 0.273. The summed E-state index contributed by atoms with van der Waals surface area (Å²) in [5.74, 6) is -0.940. The average molecular weight is 483 g/mol. The average Bonchev–Trinajstić information content (AvgIpc) is 2.75. The highest BCUT2D eigenvalue weighted by Gasteiger charge is 2.32. The number of carbonyl (C=O) groups is 2. The van der Waals surface area contributed by atoms with Gasteiger partial charge in [-0.2, -0.15) is 0 Å². The van der Waals surface area contributed by atoms with Gasteiger partial charge in [-0.1, -0.05) is 29.8 Å². The van der Waals surface area contributed by atoms with Crippen molar-refractivity contribution in [2.45, 2.75) is 25.0 Å². The third-order valence-corrected chi connectivity index (χ3v) is 5.18. The van der Waals surface area contributed by atoms with Gasteiger partial charge in [-0.15, -0.1) is 0 Å². The summed E-state index contributed by atoms with van der Waals surface area (Å²) >= 11 is 11.5. The van der Waals surface area contributed by atoms with Crippen molar-refractivity contribution in [1.29, 1.82) is 0 Å². The molecule has 2 atom stereocenters. The fourth-order valence-electron chi connectivity index (χ4n) is 3.02. The molecule has 1 heterocycles. The van der Waals surface area contributed by atoms with E-state index in [0.29, 0.717) is 22.0 Å². The third-order valence-electron chi connectivity index (χ3n) is 4.64. The van der Waals surface area contributed by atoms with E-state index in [9.17, 15) is 19.1 Å². The van der Waals surface area contributed by atoms with Crippen LogP contribution in [0.25, 0.3) is 0 Å². The van der Waals surface area contributed by atoms with Crippen LogP contribution in [0, 0.1) is 5.82 Å². The highest BCUT2D eigenvalue weighted by atomic mass is 35.5. The SMILES string of the molecule is C=C(CCNC(=O)COc1ccc(Cl)c(F)c1)NC(=O)[C@H]1C[C@H](O)c2cc(Cl)ccc2O1. The van der Waals surface area contributed by atoms with Crippen LogP contribution < -0.4 is 20.1 Å². The second-order valence-electron chi connectivity index (χ2n) is 7.10. The van der Waals surface area contributed by atoms with Gasteiger partial charge in [0, 0.05) is 41.7 Å². The number of halogens is 3. The zero-order chi connectivity index (χ0) is 23.3.